The van der Waals surface area contributed by atoms with Crippen molar-refractivity contribution in [2.75, 3.05) is 26.2 Å². The van der Waals surface area contributed by atoms with Gasteiger partial charge < -0.3 is 14.5 Å². The monoisotopic (exact) mass is 500 g/mol. The highest BCUT2D eigenvalue weighted by molar-refractivity contribution is 7.12. The van der Waals surface area contributed by atoms with Gasteiger partial charge in [0.2, 0.25) is 5.91 Å². The topological polar surface area (TPSA) is 49.9 Å². The summed E-state index contributed by atoms with van der Waals surface area (Å²) in [4.78, 5) is 32.2. The number of halogens is 1. The number of carbonyl (C=O) groups is 2. The lowest BCUT2D eigenvalue weighted by Crippen LogP contribution is -2.48. The summed E-state index contributed by atoms with van der Waals surface area (Å²) in [6.45, 7) is 5.60. The van der Waals surface area contributed by atoms with Gasteiger partial charge in [-0.15, -0.1) is 22.7 Å². The highest BCUT2D eigenvalue weighted by Gasteiger charge is 2.34. The fraction of sp³-hybridized carbons (Fsp3) is 0.385. The normalized spacial score (nSPS) is 16.1. The predicted molar refractivity (Wildman–Crippen MR) is 134 cm³/mol. The van der Waals surface area contributed by atoms with Gasteiger partial charge in [-0.2, -0.15) is 0 Å². The van der Waals surface area contributed by atoms with Crippen LogP contribution in [0.2, 0.25) is 0 Å². The number of nitrogens with zero attached hydrogens (tertiary/aromatic N) is 2. The van der Waals surface area contributed by atoms with Gasteiger partial charge in [-0.05, 0) is 65.1 Å². The average Bonchev–Trinajstić information content (AvgIpc) is 3.54. The largest absolute Gasteiger partial charge is 0.491 e. The van der Waals surface area contributed by atoms with Crippen molar-refractivity contribution in [3.8, 4) is 5.75 Å². The number of thiophene rings is 2. The van der Waals surface area contributed by atoms with Crippen LogP contribution in [-0.2, 0) is 11.2 Å². The molecule has 0 spiro atoms. The molecule has 180 valence electrons. The van der Waals surface area contributed by atoms with Gasteiger partial charge in [0.15, 0.2) is 0 Å². The SMILES string of the molecule is CC[C@H](C)CN(CC(=O)N1CCc2sccc2[C@@H]1COc1ccc(F)cc1)C(=O)c1cccs1. The first-order chi connectivity index (χ1) is 16.5. The predicted octanol–water partition coefficient (Wildman–Crippen LogP) is 5.64. The molecule has 34 heavy (non-hydrogen) atoms. The summed E-state index contributed by atoms with van der Waals surface area (Å²) >= 11 is 3.08. The molecule has 1 aliphatic heterocycles. The second-order valence-corrected chi connectivity index (χ2v) is 10.5. The summed E-state index contributed by atoms with van der Waals surface area (Å²) in [5, 5.41) is 3.92. The fourth-order valence-electron chi connectivity index (χ4n) is 4.12. The summed E-state index contributed by atoms with van der Waals surface area (Å²) < 4.78 is 19.2. The Morgan fingerprint density at radius 1 is 1.18 bits per heavy atom. The molecule has 3 heterocycles. The van der Waals surface area contributed by atoms with Crippen LogP contribution in [0.15, 0.2) is 53.2 Å². The lowest BCUT2D eigenvalue weighted by molar-refractivity contribution is -0.135. The quantitative estimate of drug-likeness (QED) is 0.382. The Balaban J connectivity index is 1.52. The van der Waals surface area contributed by atoms with E-state index in [1.807, 2.05) is 27.8 Å². The molecule has 1 aromatic carbocycles. The highest BCUT2D eigenvalue weighted by atomic mass is 32.1. The zero-order valence-electron chi connectivity index (χ0n) is 19.4. The van der Waals surface area contributed by atoms with Gasteiger partial charge in [-0.25, -0.2) is 4.39 Å². The number of hydrogen-bond donors (Lipinski definition) is 0. The minimum absolute atomic E-state index is 0.0353. The average molecular weight is 501 g/mol. The van der Waals surface area contributed by atoms with E-state index in [1.165, 1.54) is 28.3 Å². The van der Waals surface area contributed by atoms with E-state index < -0.39 is 0 Å². The van der Waals surface area contributed by atoms with Crippen molar-refractivity contribution in [3.63, 3.8) is 0 Å². The van der Waals surface area contributed by atoms with Gasteiger partial charge in [0, 0.05) is 18.0 Å². The molecule has 0 unspecified atom stereocenters. The van der Waals surface area contributed by atoms with E-state index in [2.05, 4.69) is 13.8 Å². The molecular formula is C26H29FN2O3S2. The van der Waals surface area contributed by atoms with Crippen molar-refractivity contribution in [1.29, 1.82) is 0 Å². The van der Waals surface area contributed by atoms with Crippen molar-refractivity contribution in [1.82, 2.24) is 9.80 Å². The minimum atomic E-state index is -0.321. The Morgan fingerprint density at radius 3 is 2.68 bits per heavy atom. The van der Waals surface area contributed by atoms with Crippen LogP contribution in [0.1, 0.15) is 46.4 Å². The van der Waals surface area contributed by atoms with Gasteiger partial charge in [-0.3, -0.25) is 9.59 Å². The highest BCUT2D eigenvalue weighted by Crippen LogP contribution is 2.34. The lowest BCUT2D eigenvalue weighted by Gasteiger charge is -2.37. The maximum atomic E-state index is 13.6. The van der Waals surface area contributed by atoms with Crippen LogP contribution in [0.4, 0.5) is 4.39 Å². The molecular weight excluding hydrogens is 471 g/mol. The number of hydrogen-bond acceptors (Lipinski definition) is 5. The molecule has 3 aromatic rings. The molecule has 0 fully saturated rings. The summed E-state index contributed by atoms with van der Waals surface area (Å²) in [5.41, 5.74) is 1.09. The van der Waals surface area contributed by atoms with Gasteiger partial charge in [0.1, 0.15) is 24.7 Å². The van der Waals surface area contributed by atoms with Crippen LogP contribution in [0, 0.1) is 11.7 Å². The van der Waals surface area contributed by atoms with Crippen LogP contribution in [0.3, 0.4) is 0 Å². The van der Waals surface area contributed by atoms with E-state index in [-0.39, 0.29) is 36.8 Å². The van der Waals surface area contributed by atoms with E-state index >= 15 is 0 Å². The van der Waals surface area contributed by atoms with Crippen molar-refractivity contribution < 1.29 is 18.7 Å². The third-order valence-electron chi connectivity index (χ3n) is 6.21. The molecule has 0 aliphatic carbocycles. The zero-order valence-corrected chi connectivity index (χ0v) is 21.0. The maximum absolute atomic E-state index is 13.6. The van der Waals surface area contributed by atoms with Gasteiger partial charge in [-0.1, -0.05) is 26.3 Å². The standard InChI is InChI=1S/C26H29FN2O3S2/c1-3-18(2)15-28(26(31)24-5-4-13-33-24)16-25(30)29-12-10-23-21(11-14-34-23)22(29)17-32-20-8-6-19(27)7-9-20/h4-9,11,13-14,18,22H,3,10,12,15-17H2,1-2H3/t18-,22-/m0/s1. The molecule has 0 bridgehead atoms. The smallest absolute Gasteiger partial charge is 0.264 e. The number of carbonyl (C=O) groups excluding carboxylic acids is 2. The zero-order chi connectivity index (χ0) is 24.1. The van der Waals surface area contributed by atoms with Crippen molar-refractivity contribution in [2.24, 2.45) is 5.92 Å². The minimum Gasteiger partial charge on any atom is -0.491 e. The summed E-state index contributed by atoms with van der Waals surface area (Å²) in [6.07, 6.45) is 1.72. The molecule has 5 nitrogen and oxygen atoms in total. The molecule has 2 amide bonds. The number of benzene rings is 1. The van der Waals surface area contributed by atoms with Crippen LogP contribution in [0.5, 0.6) is 5.75 Å². The molecule has 0 N–H and O–H groups in total. The van der Waals surface area contributed by atoms with E-state index in [0.717, 1.165) is 18.4 Å². The molecule has 0 radical (unpaired) electrons. The number of fused-ring (bicyclic) bond motifs is 1. The second kappa shape index (κ2) is 11.1. The molecule has 1 aliphatic rings. The van der Waals surface area contributed by atoms with Gasteiger partial charge in [0.05, 0.1) is 10.9 Å². The first-order valence-corrected chi connectivity index (χ1v) is 13.3. The third-order valence-corrected chi connectivity index (χ3v) is 8.07. The molecule has 0 saturated heterocycles. The van der Waals surface area contributed by atoms with E-state index in [9.17, 15) is 14.0 Å². The van der Waals surface area contributed by atoms with E-state index in [1.54, 1.807) is 34.4 Å². The Kier molecular flexibility index (Phi) is 8.00. The maximum Gasteiger partial charge on any atom is 0.264 e. The fourth-order valence-corrected chi connectivity index (χ4v) is 5.73. The number of ether oxygens (including phenoxy) is 1. The van der Waals surface area contributed by atoms with Crippen LogP contribution >= 0.6 is 22.7 Å². The van der Waals surface area contributed by atoms with Crippen LogP contribution in [-0.4, -0.2) is 47.9 Å². The first kappa shape index (κ1) is 24.4. The summed E-state index contributed by atoms with van der Waals surface area (Å²) in [7, 11) is 0. The third kappa shape index (κ3) is 5.67. The molecule has 2 aromatic heterocycles. The van der Waals surface area contributed by atoms with Crippen molar-refractivity contribution in [3.05, 3.63) is 74.4 Å². The molecule has 2 atom stereocenters. The van der Waals surface area contributed by atoms with Gasteiger partial charge >= 0.3 is 0 Å². The second-order valence-electron chi connectivity index (χ2n) is 8.59. The van der Waals surface area contributed by atoms with E-state index in [0.29, 0.717) is 29.6 Å². The Morgan fingerprint density at radius 2 is 1.97 bits per heavy atom. The molecule has 0 saturated carbocycles. The Labute approximate surface area is 207 Å². The lowest BCUT2D eigenvalue weighted by atomic mass is 10.00. The summed E-state index contributed by atoms with van der Waals surface area (Å²) in [5.74, 6) is 0.342. The van der Waals surface area contributed by atoms with Crippen LogP contribution in [0.25, 0.3) is 0 Å². The summed E-state index contributed by atoms with van der Waals surface area (Å²) in [6, 6.07) is 11.3. The van der Waals surface area contributed by atoms with Crippen molar-refractivity contribution >= 4 is 34.5 Å². The molecule has 4 rings (SSSR count). The van der Waals surface area contributed by atoms with E-state index in [4.69, 9.17) is 4.74 Å². The first-order valence-electron chi connectivity index (χ1n) is 11.5. The van der Waals surface area contributed by atoms with Gasteiger partial charge in [0.25, 0.3) is 5.91 Å². The van der Waals surface area contributed by atoms with Crippen molar-refractivity contribution in [2.45, 2.75) is 32.7 Å². The van der Waals surface area contributed by atoms with Crippen LogP contribution < -0.4 is 4.74 Å². The Hall–Kier alpha value is -2.71. The number of rotatable bonds is 9. The number of amides is 2. The molecule has 8 heteroatoms. The Bertz CT molecular complexity index is 1100.